The van der Waals surface area contributed by atoms with Crippen molar-refractivity contribution in [2.45, 2.75) is 48.2 Å². The maximum Gasteiger partial charge on any atom is 0.203 e. The molecule has 1 aromatic carbocycles. The maximum atomic E-state index is 12.5. The molecule has 2 fully saturated rings. The van der Waals surface area contributed by atoms with Gasteiger partial charge < -0.3 is 19.3 Å². The Morgan fingerprint density at radius 3 is 1.92 bits per heavy atom. The van der Waals surface area contributed by atoms with Gasteiger partial charge >= 0.3 is 0 Å². The second-order valence-corrected chi connectivity index (χ2v) is 9.13. The highest BCUT2D eigenvalue weighted by Gasteiger charge is 2.51. The molecule has 24 heavy (non-hydrogen) atoms. The van der Waals surface area contributed by atoms with Crippen molar-refractivity contribution in [3.63, 3.8) is 0 Å². The molecule has 2 atom stereocenters. The Hall–Kier alpha value is -1.47. The highest BCUT2D eigenvalue weighted by atomic mass is 32.2. The molecule has 7 heteroatoms. The maximum absolute atomic E-state index is 12.5. The predicted molar refractivity (Wildman–Crippen MR) is 89.6 cm³/mol. The predicted octanol–water partition coefficient (Wildman–Crippen LogP) is 2.03. The van der Waals surface area contributed by atoms with Crippen LogP contribution in [0.4, 0.5) is 0 Å². The van der Waals surface area contributed by atoms with E-state index in [1.165, 1.54) is 21.3 Å². The molecule has 2 bridgehead atoms. The lowest BCUT2D eigenvalue weighted by atomic mass is 9.80. The Balaban J connectivity index is 2.05. The third-order valence-corrected chi connectivity index (χ3v) is 7.98. The average Bonchev–Trinajstić information content (AvgIpc) is 2.54. The zero-order chi connectivity index (χ0) is 17.5. The van der Waals surface area contributed by atoms with Gasteiger partial charge in [-0.25, -0.2) is 8.42 Å². The van der Waals surface area contributed by atoms with Crippen LogP contribution in [0.3, 0.4) is 0 Å². The van der Waals surface area contributed by atoms with Crippen LogP contribution in [0.5, 0.6) is 17.2 Å². The Bertz CT molecular complexity index is 682. The van der Waals surface area contributed by atoms with E-state index in [4.69, 9.17) is 14.2 Å². The number of sulfone groups is 1. The third kappa shape index (κ3) is 2.63. The molecule has 2 heterocycles. The lowest BCUT2D eigenvalue weighted by molar-refractivity contribution is 0.00460. The Kier molecular flexibility index (Phi) is 4.42. The minimum Gasteiger partial charge on any atom is -0.493 e. The molecule has 0 radical (unpaired) electrons. The van der Waals surface area contributed by atoms with Crippen LogP contribution in [0.2, 0.25) is 0 Å². The Morgan fingerprint density at radius 1 is 1.00 bits per heavy atom. The van der Waals surface area contributed by atoms with Crippen molar-refractivity contribution >= 4 is 9.84 Å². The molecular formula is C17H24O6S. The van der Waals surface area contributed by atoms with Crippen LogP contribution in [0, 0.1) is 0 Å². The summed E-state index contributed by atoms with van der Waals surface area (Å²) in [7, 11) is 1.42. The summed E-state index contributed by atoms with van der Waals surface area (Å²) in [5.41, 5.74) is -0.586. The number of hydrogen-bond acceptors (Lipinski definition) is 6. The molecule has 134 valence electrons. The van der Waals surface area contributed by atoms with Crippen LogP contribution < -0.4 is 14.2 Å². The molecule has 2 saturated heterocycles. The summed E-state index contributed by atoms with van der Waals surface area (Å²) in [6, 6.07) is 3.43. The summed E-state index contributed by atoms with van der Waals surface area (Å²) in [4.78, 5) is 0. The first kappa shape index (κ1) is 17.4. The van der Waals surface area contributed by atoms with E-state index in [1.807, 2.05) is 0 Å². The summed E-state index contributed by atoms with van der Waals surface area (Å²) in [5.74, 6) is 1.37. The van der Waals surface area contributed by atoms with Gasteiger partial charge in [0.25, 0.3) is 0 Å². The van der Waals surface area contributed by atoms with E-state index < -0.39 is 25.9 Å². The van der Waals surface area contributed by atoms with Crippen molar-refractivity contribution in [2.24, 2.45) is 0 Å². The standard InChI is InChI=1S/C17H24O6S/c1-21-14-7-11(8-15(22-2)16(14)23-3)17(18)9-12-5-4-6-13(10-17)24(12,19)20/h7-8,12-13,18H,4-6,9-10H2,1-3H3. The minimum absolute atomic E-state index is 0.213. The third-order valence-electron chi connectivity index (χ3n) is 5.31. The van der Waals surface area contributed by atoms with Crippen molar-refractivity contribution < 1.29 is 27.7 Å². The summed E-state index contributed by atoms with van der Waals surface area (Å²) >= 11 is 0. The van der Waals surface area contributed by atoms with E-state index in [-0.39, 0.29) is 12.8 Å². The molecule has 6 nitrogen and oxygen atoms in total. The molecular weight excluding hydrogens is 332 g/mol. The molecule has 2 unspecified atom stereocenters. The smallest absolute Gasteiger partial charge is 0.203 e. The second-order valence-electron chi connectivity index (χ2n) is 6.62. The van der Waals surface area contributed by atoms with Gasteiger partial charge in [0, 0.05) is 0 Å². The van der Waals surface area contributed by atoms with E-state index >= 15 is 0 Å². The van der Waals surface area contributed by atoms with Gasteiger partial charge in [0.05, 0.1) is 37.4 Å². The van der Waals surface area contributed by atoms with Crippen LogP contribution >= 0.6 is 0 Å². The Morgan fingerprint density at radius 2 is 1.50 bits per heavy atom. The second kappa shape index (κ2) is 6.11. The number of methoxy groups -OCH3 is 3. The van der Waals surface area contributed by atoms with Gasteiger partial charge in [-0.2, -0.15) is 0 Å². The van der Waals surface area contributed by atoms with Crippen molar-refractivity contribution in [1.29, 1.82) is 0 Å². The van der Waals surface area contributed by atoms with Crippen molar-refractivity contribution in [1.82, 2.24) is 0 Å². The van der Waals surface area contributed by atoms with E-state index in [1.54, 1.807) is 12.1 Å². The largest absolute Gasteiger partial charge is 0.493 e. The van der Waals surface area contributed by atoms with Gasteiger partial charge in [-0.3, -0.25) is 0 Å². The Labute approximate surface area is 142 Å². The molecule has 1 aromatic rings. The normalized spacial score (nSPS) is 31.3. The molecule has 0 amide bonds. The first-order valence-electron chi connectivity index (χ1n) is 8.11. The summed E-state index contributed by atoms with van der Waals surface area (Å²) in [6.45, 7) is 0. The fraction of sp³-hybridized carbons (Fsp3) is 0.647. The molecule has 2 aliphatic heterocycles. The van der Waals surface area contributed by atoms with Crippen LogP contribution in [-0.4, -0.2) is 45.4 Å². The zero-order valence-electron chi connectivity index (χ0n) is 14.2. The lowest BCUT2D eigenvalue weighted by Crippen LogP contribution is -2.50. The summed E-state index contributed by atoms with van der Waals surface area (Å²) in [6.07, 6.45) is 2.56. The van der Waals surface area contributed by atoms with Gasteiger partial charge in [-0.05, 0) is 43.4 Å². The van der Waals surface area contributed by atoms with Gasteiger partial charge in [0.15, 0.2) is 21.3 Å². The van der Waals surface area contributed by atoms with Gasteiger partial charge in [-0.15, -0.1) is 0 Å². The number of aliphatic hydroxyl groups is 1. The summed E-state index contributed by atoms with van der Waals surface area (Å²) < 4.78 is 41.0. The van der Waals surface area contributed by atoms with Gasteiger partial charge in [0.1, 0.15) is 0 Å². The number of rotatable bonds is 4. The molecule has 3 rings (SSSR count). The van der Waals surface area contributed by atoms with Crippen LogP contribution in [0.15, 0.2) is 12.1 Å². The fourth-order valence-corrected chi connectivity index (χ4v) is 6.58. The summed E-state index contributed by atoms with van der Waals surface area (Å²) in [5, 5.41) is 10.3. The molecule has 1 N–H and O–H groups in total. The monoisotopic (exact) mass is 356 g/mol. The number of hydrogen-bond donors (Lipinski definition) is 1. The molecule has 0 saturated carbocycles. The first-order valence-corrected chi connectivity index (χ1v) is 9.72. The SMILES string of the molecule is COc1cc(C2(O)CC3CCCC(C2)S3(=O)=O)cc(OC)c1OC. The highest BCUT2D eigenvalue weighted by molar-refractivity contribution is 7.92. The van der Waals surface area contributed by atoms with E-state index in [9.17, 15) is 13.5 Å². The van der Waals surface area contributed by atoms with Crippen LogP contribution in [0.1, 0.15) is 37.7 Å². The number of ether oxygens (including phenoxy) is 3. The lowest BCUT2D eigenvalue weighted by Gasteiger charge is -2.44. The van der Waals surface area contributed by atoms with Crippen LogP contribution in [0.25, 0.3) is 0 Å². The van der Waals surface area contributed by atoms with E-state index in [0.29, 0.717) is 35.7 Å². The number of fused-ring (bicyclic) bond motifs is 2. The van der Waals surface area contributed by atoms with Gasteiger partial charge in [-0.1, -0.05) is 6.42 Å². The van der Waals surface area contributed by atoms with E-state index in [2.05, 4.69) is 0 Å². The zero-order valence-corrected chi connectivity index (χ0v) is 15.1. The number of benzene rings is 1. The quantitative estimate of drug-likeness (QED) is 0.889. The van der Waals surface area contributed by atoms with E-state index in [0.717, 1.165) is 6.42 Å². The molecule has 0 aromatic heterocycles. The fourth-order valence-electron chi connectivity index (χ4n) is 4.03. The first-order chi connectivity index (χ1) is 11.4. The molecule has 0 spiro atoms. The van der Waals surface area contributed by atoms with Crippen molar-refractivity contribution in [2.75, 3.05) is 21.3 Å². The highest BCUT2D eigenvalue weighted by Crippen LogP contribution is 2.49. The van der Waals surface area contributed by atoms with Crippen molar-refractivity contribution in [3.05, 3.63) is 17.7 Å². The minimum atomic E-state index is -3.14. The topological polar surface area (TPSA) is 82.1 Å². The van der Waals surface area contributed by atoms with Crippen molar-refractivity contribution in [3.8, 4) is 17.2 Å². The van der Waals surface area contributed by atoms with Crippen LogP contribution in [-0.2, 0) is 15.4 Å². The average molecular weight is 356 g/mol. The van der Waals surface area contributed by atoms with Gasteiger partial charge in [0.2, 0.25) is 5.75 Å². The molecule has 0 aliphatic carbocycles. The molecule has 2 aliphatic rings.